The molecule has 21 heavy (non-hydrogen) atoms. The topological polar surface area (TPSA) is 41.6 Å². The van der Waals surface area contributed by atoms with Crippen molar-refractivity contribution in [2.75, 3.05) is 27.2 Å². The molecule has 1 unspecified atom stereocenters. The number of fused-ring (bicyclic) bond motifs is 1. The zero-order valence-electron chi connectivity index (χ0n) is 12.4. The minimum atomic E-state index is -0.241. The molecule has 0 radical (unpaired) electrons. The molecule has 1 heterocycles. The minimum Gasteiger partial charge on any atom is -0.488 e. The highest BCUT2D eigenvalue weighted by atomic mass is 19.1. The van der Waals surface area contributed by atoms with Crippen molar-refractivity contribution in [2.45, 2.75) is 18.9 Å². The zero-order valence-corrected chi connectivity index (χ0v) is 12.4. The van der Waals surface area contributed by atoms with Crippen molar-refractivity contribution in [3.05, 3.63) is 41.7 Å². The first kappa shape index (κ1) is 15.5. The van der Waals surface area contributed by atoms with Crippen LogP contribution >= 0.6 is 0 Å². The molecule has 0 bridgehead atoms. The van der Waals surface area contributed by atoms with Gasteiger partial charge in [-0.25, -0.2) is 4.39 Å². The summed E-state index contributed by atoms with van der Waals surface area (Å²) in [7, 11) is 3.89. The van der Waals surface area contributed by atoms with Crippen LogP contribution in [0, 0.1) is 5.82 Å². The maximum Gasteiger partial charge on any atom is 0.243 e. The van der Waals surface area contributed by atoms with Gasteiger partial charge in [-0.1, -0.05) is 6.08 Å². The van der Waals surface area contributed by atoms with Crippen LogP contribution in [-0.4, -0.2) is 44.1 Å². The Hall–Kier alpha value is -1.88. The summed E-state index contributed by atoms with van der Waals surface area (Å²) in [4.78, 5) is 13.6. The molecule has 0 aromatic heterocycles. The Bertz CT molecular complexity index is 529. The number of carbonyl (C=O) groups is 1. The number of carbonyl (C=O) groups excluding carboxylic acids is 1. The van der Waals surface area contributed by atoms with E-state index in [1.54, 1.807) is 6.07 Å². The van der Waals surface area contributed by atoms with Gasteiger partial charge in [0.05, 0.1) is 6.54 Å². The van der Waals surface area contributed by atoms with E-state index in [1.807, 2.05) is 25.1 Å². The van der Waals surface area contributed by atoms with Gasteiger partial charge in [0.25, 0.3) is 0 Å². The number of aryl methyl sites for hydroxylation is 1. The van der Waals surface area contributed by atoms with Gasteiger partial charge in [-0.05, 0) is 50.7 Å². The molecule has 1 aromatic carbocycles. The van der Waals surface area contributed by atoms with E-state index in [0.29, 0.717) is 12.3 Å². The highest BCUT2D eigenvalue weighted by molar-refractivity contribution is 5.87. The number of hydrogen-bond donors (Lipinski definition) is 1. The van der Waals surface area contributed by atoms with Crippen molar-refractivity contribution < 1.29 is 13.9 Å². The summed E-state index contributed by atoms with van der Waals surface area (Å²) in [6.07, 6.45) is 4.83. The molecule has 0 fully saturated rings. The van der Waals surface area contributed by atoms with Gasteiger partial charge in [0.15, 0.2) is 0 Å². The van der Waals surface area contributed by atoms with Gasteiger partial charge in [-0.3, -0.25) is 4.79 Å². The van der Waals surface area contributed by atoms with Gasteiger partial charge in [0, 0.05) is 12.6 Å². The molecular weight excluding hydrogens is 271 g/mol. The summed E-state index contributed by atoms with van der Waals surface area (Å²) in [5, 5.41) is 2.82. The Morgan fingerprint density at radius 3 is 3.10 bits per heavy atom. The molecular formula is C16H21FN2O2. The lowest BCUT2D eigenvalue weighted by atomic mass is 10.0. The van der Waals surface area contributed by atoms with E-state index in [2.05, 4.69) is 5.32 Å². The number of likely N-dealkylation sites (N-methyl/N-ethyl adjacent to an activating group) is 1. The molecule has 0 aliphatic carbocycles. The predicted octanol–water partition coefficient (Wildman–Crippen LogP) is 1.75. The van der Waals surface area contributed by atoms with Crippen LogP contribution in [0.5, 0.6) is 5.75 Å². The lowest BCUT2D eigenvalue weighted by Crippen LogP contribution is -2.36. The third kappa shape index (κ3) is 4.86. The van der Waals surface area contributed by atoms with Crippen LogP contribution in [-0.2, 0) is 11.2 Å². The fourth-order valence-electron chi connectivity index (χ4n) is 2.20. The molecule has 1 aliphatic rings. The summed E-state index contributed by atoms with van der Waals surface area (Å²) >= 11 is 0. The number of nitrogens with one attached hydrogen (secondary N) is 1. The van der Waals surface area contributed by atoms with Crippen molar-refractivity contribution in [3.63, 3.8) is 0 Å². The van der Waals surface area contributed by atoms with Crippen LogP contribution in [0.15, 0.2) is 30.4 Å². The van der Waals surface area contributed by atoms with E-state index in [-0.39, 0.29) is 17.8 Å². The number of amides is 1. The molecule has 0 saturated heterocycles. The lowest BCUT2D eigenvalue weighted by molar-refractivity contribution is -0.116. The van der Waals surface area contributed by atoms with Crippen LogP contribution < -0.4 is 10.1 Å². The largest absolute Gasteiger partial charge is 0.488 e. The van der Waals surface area contributed by atoms with Crippen molar-refractivity contribution >= 4 is 5.91 Å². The highest BCUT2D eigenvalue weighted by Gasteiger charge is 2.20. The Morgan fingerprint density at radius 1 is 1.52 bits per heavy atom. The molecule has 1 amide bonds. The average molecular weight is 292 g/mol. The summed E-state index contributed by atoms with van der Waals surface area (Å²) in [6, 6.07) is 4.55. The molecule has 1 N–H and O–H groups in total. The second-order valence-electron chi connectivity index (χ2n) is 5.44. The molecule has 0 spiro atoms. The van der Waals surface area contributed by atoms with Crippen LogP contribution in [0.2, 0.25) is 0 Å². The molecule has 114 valence electrons. The lowest BCUT2D eigenvalue weighted by Gasteiger charge is -2.26. The number of rotatable bonds is 5. The van der Waals surface area contributed by atoms with Crippen molar-refractivity contribution in [3.8, 4) is 5.75 Å². The van der Waals surface area contributed by atoms with Gasteiger partial charge in [-0.2, -0.15) is 0 Å². The van der Waals surface area contributed by atoms with E-state index in [9.17, 15) is 9.18 Å². The third-order valence-corrected chi connectivity index (χ3v) is 3.30. The van der Waals surface area contributed by atoms with Crippen LogP contribution in [0.1, 0.15) is 12.0 Å². The Kier molecular flexibility index (Phi) is 5.33. The van der Waals surface area contributed by atoms with Crippen LogP contribution in [0.25, 0.3) is 0 Å². The van der Waals surface area contributed by atoms with Crippen molar-refractivity contribution in [1.29, 1.82) is 0 Å². The Labute approximate surface area is 124 Å². The molecule has 1 aliphatic heterocycles. The Balaban J connectivity index is 1.79. The fraction of sp³-hybridized carbons (Fsp3) is 0.438. The van der Waals surface area contributed by atoms with Crippen LogP contribution in [0.3, 0.4) is 0 Å². The highest BCUT2D eigenvalue weighted by Crippen LogP contribution is 2.27. The first-order chi connectivity index (χ1) is 10.0. The number of nitrogens with zero attached hydrogens (tertiary/aromatic N) is 1. The summed E-state index contributed by atoms with van der Waals surface area (Å²) in [5.41, 5.74) is 0.892. The summed E-state index contributed by atoms with van der Waals surface area (Å²) in [5.74, 6) is 0.352. The average Bonchev–Trinajstić information content (AvgIpc) is 2.44. The SMILES string of the molecule is CN(C)C/C=C/C(=O)NCC1CCc2cc(F)ccc2O1. The predicted molar refractivity (Wildman–Crippen MR) is 79.8 cm³/mol. The molecule has 5 heteroatoms. The summed E-state index contributed by atoms with van der Waals surface area (Å²) in [6.45, 7) is 1.19. The number of hydrogen-bond acceptors (Lipinski definition) is 3. The van der Waals surface area contributed by atoms with Gasteiger partial charge in [-0.15, -0.1) is 0 Å². The fourth-order valence-corrected chi connectivity index (χ4v) is 2.20. The normalized spacial score (nSPS) is 17.6. The number of halogens is 1. The molecule has 0 saturated carbocycles. The quantitative estimate of drug-likeness (QED) is 0.841. The minimum absolute atomic E-state index is 0.0610. The van der Waals surface area contributed by atoms with E-state index < -0.39 is 0 Å². The van der Waals surface area contributed by atoms with Crippen molar-refractivity contribution in [1.82, 2.24) is 10.2 Å². The van der Waals surface area contributed by atoms with Gasteiger partial charge < -0.3 is 15.0 Å². The zero-order chi connectivity index (χ0) is 15.2. The number of benzene rings is 1. The number of ether oxygens (including phenoxy) is 1. The first-order valence-electron chi connectivity index (χ1n) is 7.09. The second kappa shape index (κ2) is 7.22. The van der Waals surface area contributed by atoms with Gasteiger partial charge >= 0.3 is 0 Å². The first-order valence-corrected chi connectivity index (χ1v) is 7.09. The molecule has 1 aromatic rings. The third-order valence-electron chi connectivity index (χ3n) is 3.30. The second-order valence-corrected chi connectivity index (χ2v) is 5.44. The molecule has 4 nitrogen and oxygen atoms in total. The van der Waals surface area contributed by atoms with Gasteiger partial charge in [0.1, 0.15) is 17.7 Å². The molecule has 1 atom stereocenters. The standard InChI is InChI=1S/C16H21FN2O2/c1-19(2)9-3-4-16(20)18-11-14-7-5-12-10-13(17)6-8-15(12)21-14/h3-4,6,8,10,14H,5,7,9,11H2,1-2H3,(H,18,20)/b4-3+. The van der Waals surface area contributed by atoms with E-state index in [4.69, 9.17) is 4.74 Å². The van der Waals surface area contributed by atoms with E-state index in [0.717, 1.165) is 24.9 Å². The maximum absolute atomic E-state index is 13.1. The van der Waals surface area contributed by atoms with Crippen molar-refractivity contribution in [2.24, 2.45) is 0 Å². The Morgan fingerprint density at radius 2 is 2.33 bits per heavy atom. The monoisotopic (exact) mass is 292 g/mol. The van der Waals surface area contributed by atoms with Crippen LogP contribution in [0.4, 0.5) is 4.39 Å². The molecule has 2 rings (SSSR count). The van der Waals surface area contributed by atoms with E-state index in [1.165, 1.54) is 18.2 Å². The maximum atomic E-state index is 13.1. The smallest absolute Gasteiger partial charge is 0.243 e. The van der Waals surface area contributed by atoms with Gasteiger partial charge in [0.2, 0.25) is 5.91 Å². The summed E-state index contributed by atoms with van der Waals surface area (Å²) < 4.78 is 18.9. The van der Waals surface area contributed by atoms with E-state index >= 15 is 0 Å².